The average Bonchev–Trinajstić information content (AvgIpc) is 2.99. The Bertz CT molecular complexity index is 1270. The molecule has 0 bridgehead atoms. The minimum absolute atomic E-state index is 0.0138. The van der Waals surface area contributed by atoms with Gasteiger partial charge < -0.3 is 59.4 Å². The fourth-order valence-electron chi connectivity index (χ4n) is 4.88. The summed E-state index contributed by atoms with van der Waals surface area (Å²) in [7, 11) is 2.74. The lowest BCUT2D eigenvalue weighted by Gasteiger charge is -2.37. The van der Waals surface area contributed by atoms with Gasteiger partial charge in [-0.15, -0.1) is 0 Å². The Morgan fingerprint density at radius 3 is 2.39 bits per heavy atom. The number of ether oxygens (including phenoxy) is 5. The Hall–Kier alpha value is -3.43. The predicted molar refractivity (Wildman–Crippen MR) is 157 cm³/mol. The Morgan fingerprint density at radius 2 is 1.75 bits per heavy atom. The van der Waals surface area contributed by atoms with Gasteiger partial charge in [-0.05, 0) is 43.0 Å². The lowest BCUT2D eigenvalue weighted by Crippen LogP contribution is -2.52. The number of methoxy groups -OCH3 is 2. The highest BCUT2D eigenvalue weighted by molar-refractivity contribution is 6.10. The molecule has 1 fully saturated rings. The van der Waals surface area contributed by atoms with E-state index in [4.69, 9.17) is 28.8 Å². The second-order valence-corrected chi connectivity index (χ2v) is 10.8. The highest BCUT2D eigenvalue weighted by atomic mass is 16.7. The lowest BCUT2D eigenvalue weighted by molar-refractivity contribution is -0.236. The number of benzene rings is 2. The molecule has 44 heavy (non-hydrogen) atoms. The molecule has 2 aromatic rings. The summed E-state index contributed by atoms with van der Waals surface area (Å²) in [4.78, 5) is 12.9. The number of allylic oxidation sites excluding steroid dienone is 1. The van der Waals surface area contributed by atoms with Crippen molar-refractivity contribution in [1.29, 1.82) is 0 Å². The third-order valence-electron chi connectivity index (χ3n) is 7.37. The first-order chi connectivity index (χ1) is 20.9. The van der Waals surface area contributed by atoms with Gasteiger partial charge >= 0.3 is 0 Å². The summed E-state index contributed by atoms with van der Waals surface area (Å²) in [5, 5.41) is 70.3. The summed E-state index contributed by atoms with van der Waals surface area (Å²) in [5.41, 5.74) is 0.394. The smallest absolute Gasteiger partial charge is 0.202 e. The van der Waals surface area contributed by atoms with E-state index in [1.54, 1.807) is 26.0 Å². The molecule has 1 aliphatic rings. The van der Waals surface area contributed by atoms with Gasteiger partial charge in [0, 0.05) is 18.6 Å². The number of rotatable bonds is 15. The highest BCUT2D eigenvalue weighted by Crippen LogP contribution is 2.36. The zero-order chi connectivity index (χ0) is 32.6. The largest absolute Gasteiger partial charge is 0.507 e. The van der Waals surface area contributed by atoms with Crippen LogP contribution in [0.2, 0.25) is 0 Å². The molecule has 6 unspecified atom stereocenters. The summed E-state index contributed by atoms with van der Waals surface area (Å²) in [6, 6.07) is 7.18. The second kappa shape index (κ2) is 16.0. The normalized spacial score (nSPS) is 23.1. The molecule has 0 saturated carbocycles. The van der Waals surface area contributed by atoms with Gasteiger partial charge in [0.15, 0.2) is 17.3 Å². The third kappa shape index (κ3) is 9.05. The highest BCUT2D eigenvalue weighted by Gasteiger charge is 2.38. The lowest BCUT2D eigenvalue weighted by atomic mass is 9.94. The molecule has 0 aromatic heterocycles. The summed E-state index contributed by atoms with van der Waals surface area (Å²) in [6.07, 6.45) is -4.44. The first-order valence-electron chi connectivity index (χ1n) is 14.2. The van der Waals surface area contributed by atoms with Gasteiger partial charge in [0.2, 0.25) is 6.29 Å². The molecule has 8 atom stereocenters. The van der Waals surface area contributed by atoms with Crippen LogP contribution >= 0.6 is 0 Å². The van der Waals surface area contributed by atoms with Gasteiger partial charge in [0.1, 0.15) is 41.1 Å². The molecule has 2 aromatic carbocycles. The van der Waals surface area contributed by atoms with E-state index >= 15 is 0 Å². The molecule has 0 radical (unpaired) electrons. The van der Waals surface area contributed by atoms with Crippen molar-refractivity contribution in [2.75, 3.05) is 27.4 Å². The number of aliphatic hydroxyl groups excluding tert-OH is 5. The van der Waals surface area contributed by atoms with Crippen LogP contribution in [0.3, 0.4) is 0 Å². The van der Waals surface area contributed by atoms with Gasteiger partial charge in [-0.2, -0.15) is 0 Å². The standard InChI is InChI=1S/C31H42O13/c1-16(30(38)24(37)14-32)9-17(2)42-15-27-31(39)23(36)13-28(44-27)43-19-11-22(35)29(26(12-19)41-4)20(33)7-5-18-6-8-25(40-3)21(34)10-18/h5-8,10-12,16-17,23-24,27-28,30-32,34-39H,9,13-15H2,1-4H3/t16?,17?,23?,24?,27?,28-,30?,31+/m1/s1. The monoisotopic (exact) mass is 622 g/mol. The predicted octanol–water partition coefficient (Wildman–Crippen LogP) is 1.37. The fourth-order valence-corrected chi connectivity index (χ4v) is 4.88. The Labute approximate surface area is 255 Å². The van der Waals surface area contributed by atoms with Gasteiger partial charge in [-0.25, -0.2) is 0 Å². The van der Waals surface area contributed by atoms with Crippen LogP contribution < -0.4 is 14.2 Å². The molecule has 244 valence electrons. The van der Waals surface area contributed by atoms with E-state index in [1.807, 2.05) is 0 Å². The van der Waals surface area contributed by atoms with E-state index in [9.17, 15) is 35.4 Å². The number of carbonyl (C=O) groups is 1. The van der Waals surface area contributed by atoms with E-state index in [-0.39, 0.29) is 41.6 Å². The van der Waals surface area contributed by atoms with Gasteiger partial charge in [0.05, 0.1) is 45.7 Å². The van der Waals surface area contributed by atoms with Crippen LogP contribution in [0, 0.1) is 5.92 Å². The topological polar surface area (TPSA) is 205 Å². The second-order valence-electron chi connectivity index (χ2n) is 10.8. The Kier molecular flexibility index (Phi) is 12.8. The van der Waals surface area contributed by atoms with Crippen LogP contribution in [-0.2, 0) is 9.47 Å². The molecular weight excluding hydrogens is 580 g/mol. The van der Waals surface area contributed by atoms with Gasteiger partial charge in [-0.1, -0.05) is 19.1 Å². The van der Waals surface area contributed by atoms with Crippen LogP contribution in [0.25, 0.3) is 6.08 Å². The third-order valence-corrected chi connectivity index (χ3v) is 7.37. The molecule has 0 amide bonds. The minimum atomic E-state index is -1.27. The van der Waals surface area contributed by atoms with Crippen molar-refractivity contribution in [3.8, 4) is 28.7 Å². The summed E-state index contributed by atoms with van der Waals surface area (Å²) in [5.74, 6) is -1.13. The van der Waals surface area contributed by atoms with Gasteiger partial charge in [0.25, 0.3) is 0 Å². The van der Waals surface area contributed by atoms with Crippen molar-refractivity contribution in [3.05, 3.63) is 47.5 Å². The van der Waals surface area contributed by atoms with Crippen molar-refractivity contribution in [1.82, 2.24) is 0 Å². The molecule has 7 N–H and O–H groups in total. The first kappa shape index (κ1) is 35.1. The van der Waals surface area contributed by atoms with Gasteiger partial charge in [-0.3, -0.25) is 4.79 Å². The van der Waals surface area contributed by atoms with E-state index < -0.39 is 67.0 Å². The number of phenolic OH excluding ortho intramolecular Hbond substituents is 2. The molecule has 0 spiro atoms. The maximum atomic E-state index is 12.9. The maximum absolute atomic E-state index is 12.9. The van der Waals surface area contributed by atoms with Crippen molar-refractivity contribution in [2.24, 2.45) is 5.92 Å². The van der Waals surface area contributed by atoms with Crippen molar-refractivity contribution < 1.29 is 64.2 Å². The molecule has 1 heterocycles. The summed E-state index contributed by atoms with van der Waals surface area (Å²) in [6.45, 7) is 2.75. The molecule has 1 aliphatic heterocycles. The molecule has 0 aliphatic carbocycles. The van der Waals surface area contributed by atoms with Crippen LogP contribution in [-0.4, -0.2) is 112 Å². The number of ketones is 1. The Morgan fingerprint density at radius 1 is 1.05 bits per heavy atom. The molecule has 1 saturated heterocycles. The van der Waals surface area contributed by atoms with Crippen LogP contribution in [0.4, 0.5) is 0 Å². The number of phenols is 2. The van der Waals surface area contributed by atoms with E-state index in [2.05, 4.69) is 0 Å². The molecule has 3 rings (SSSR count). The minimum Gasteiger partial charge on any atom is -0.507 e. The summed E-state index contributed by atoms with van der Waals surface area (Å²) < 4.78 is 27.8. The SMILES string of the molecule is COc1ccc(C=CC(=O)c2c(O)cc(O[C@H]3CC(O)[C@H](O)C(COC(C)CC(C)C(O)C(O)CO)O3)cc2OC)cc1O. The zero-order valence-electron chi connectivity index (χ0n) is 25.1. The van der Waals surface area contributed by atoms with Crippen LogP contribution in [0.15, 0.2) is 36.4 Å². The molecular formula is C31H42O13. The van der Waals surface area contributed by atoms with Crippen LogP contribution in [0.1, 0.15) is 42.6 Å². The number of aliphatic hydroxyl groups is 5. The number of carbonyl (C=O) groups excluding carboxylic acids is 1. The van der Waals surface area contributed by atoms with E-state index in [0.717, 1.165) is 0 Å². The quantitative estimate of drug-likeness (QED) is 0.111. The van der Waals surface area contributed by atoms with E-state index in [1.165, 1.54) is 44.6 Å². The first-order valence-corrected chi connectivity index (χ1v) is 14.2. The molecule has 13 nitrogen and oxygen atoms in total. The average molecular weight is 623 g/mol. The maximum Gasteiger partial charge on any atom is 0.202 e. The number of aromatic hydroxyl groups is 2. The number of hydrogen-bond acceptors (Lipinski definition) is 13. The number of hydrogen-bond donors (Lipinski definition) is 7. The van der Waals surface area contributed by atoms with Crippen molar-refractivity contribution >= 4 is 11.9 Å². The Balaban J connectivity index is 1.65. The van der Waals surface area contributed by atoms with Crippen molar-refractivity contribution in [2.45, 2.75) is 69.6 Å². The van der Waals surface area contributed by atoms with Crippen molar-refractivity contribution in [3.63, 3.8) is 0 Å². The summed E-state index contributed by atoms with van der Waals surface area (Å²) >= 11 is 0. The molecule has 13 heteroatoms. The van der Waals surface area contributed by atoms with Crippen LogP contribution in [0.5, 0.6) is 28.7 Å². The fraction of sp³-hybridized carbons (Fsp3) is 0.516. The van der Waals surface area contributed by atoms with E-state index in [0.29, 0.717) is 12.0 Å². The zero-order valence-corrected chi connectivity index (χ0v) is 25.1.